The molecule has 0 aliphatic heterocycles. The van der Waals surface area contributed by atoms with E-state index in [-0.39, 0.29) is 0 Å². The molecule has 1 N–H and O–H groups in total. The molecule has 2 aromatic carbocycles. The van der Waals surface area contributed by atoms with Crippen LogP contribution < -0.4 is 5.32 Å². The Bertz CT molecular complexity index is 580. The summed E-state index contributed by atoms with van der Waals surface area (Å²) in [4.78, 5) is 2.59. The van der Waals surface area contributed by atoms with E-state index in [9.17, 15) is 0 Å². The Morgan fingerprint density at radius 3 is 2.52 bits per heavy atom. The minimum absolute atomic E-state index is 0.367. The first kappa shape index (κ1) is 16.6. The van der Waals surface area contributed by atoms with E-state index in [0.29, 0.717) is 6.04 Å². The number of benzene rings is 2. The summed E-state index contributed by atoms with van der Waals surface area (Å²) in [6.45, 7) is 7.60. The van der Waals surface area contributed by atoms with Crippen LogP contribution in [0, 0.1) is 6.92 Å². The van der Waals surface area contributed by atoms with E-state index in [1.807, 2.05) is 11.8 Å². The van der Waals surface area contributed by atoms with Crippen LogP contribution in [0.2, 0.25) is 0 Å². The Hall–Kier alpha value is -0.770. The monoisotopic (exact) mass is 363 g/mol. The molecule has 0 amide bonds. The summed E-state index contributed by atoms with van der Waals surface area (Å²) in [6, 6.07) is 15.6. The molecule has 21 heavy (non-hydrogen) atoms. The van der Waals surface area contributed by atoms with Crippen molar-refractivity contribution in [2.75, 3.05) is 6.54 Å². The van der Waals surface area contributed by atoms with Crippen molar-refractivity contribution in [2.45, 2.75) is 43.0 Å². The molecule has 0 saturated carbocycles. The van der Waals surface area contributed by atoms with Crippen molar-refractivity contribution < 1.29 is 0 Å². The largest absolute Gasteiger partial charge is 0.310 e. The molecule has 0 spiro atoms. The van der Waals surface area contributed by atoms with E-state index in [0.717, 1.165) is 17.4 Å². The van der Waals surface area contributed by atoms with Gasteiger partial charge in [0.15, 0.2) is 0 Å². The van der Waals surface area contributed by atoms with E-state index in [2.05, 4.69) is 84.5 Å². The van der Waals surface area contributed by atoms with Crippen LogP contribution in [0.15, 0.2) is 56.7 Å². The maximum atomic E-state index is 3.59. The van der Waals surface area contributed by atoms with E-state index >= 15 is 0 Å². The number of halogens is 1. The first-order valence-electron chi connectivity index (χ1n) is 7.37. The summed E-state index contributed by atoms with van der Waals surface area (Å²) in [5.41, 5.74) is 2.66. The Morgan fingerprint density at radius 2 is 1.86 bits per heavy atom. The van der Waals surface area contributed by atoms with Crippen LogP contribution in [0.5, 0.6) is 0 Å². The Balaban J connectivity index is 2.24. The highest BCUT2D eigenvalue weighted by Crippen LogP contribution is 2.35. The molecule has 0 aliphatic carbocycles. The smallest absolute Gasteiger partial charge is 0.0303 e. The van der Waals surface area contributed by atoms with Gasteiger partial charge in [-0.25, -0.2) is 0 Å². The van der Waals surface area contributed by atoms with Gasteiger partial charge in [-0.3, -0.25) is 0 Å². The van der Waals surface area contributed by atoms with Gasteiger partial charge in [0, 0.05) is 20.3 Å². The van der Waals surface area contributed by atoms with Crippen LogP contribution in [0.3, 0.4) is 0 Å². The first-order chi connectivity index (χ1) is 10.1. The average Bonchev–Trinajstić information content (AvgIpc) is 2.47. The molecule has 1 unspecified atom stereocenters. The van der Waals surface area contributed by atoms with Gasteiger partial charge in [0.1, 0.15) is 0 Å². The molecule has 0 aromatic heterocycles. The second kappa shape index (κ2) is 8.02. The van der Waals surface area contributed by atoms with Gasteiger partial charge in [-0.2, -0.15) is 0 Å². The van der Waals surface area contributed by atoms with Crippen molar-refractivity contribution in [2.24, 2.45) is 0 Å². The van der Waals surface area contributed by atoms with Crippen LogP contribution >= 0.6 is 27.7 Å². The third kappa shape index (κ3) is 4.87. The second-order valence-corrected chi connectivity index (χ2v) is 7.30. The van der Waals surface area contributed by atoms with Gasteiger partial charge in [-0.15, -0.1) is 0 Å². The molecule has 2 rings (SSSR count). The van der Waals surface area contributed by atoms with E-state index < -0.39 is 0 Å². The quantitative estimate of drug-likeness (QED) is 0.678. The van der Waals surface area contributed by atoms with Gasteiger partial charge in [-0.1, -0.05) is 58.4 Å². The zero-order valence-corrected chi connectivity index (χ0v) is 15.2. The molecule has 1 atom stereocenters. The van der Waals surface area contributed by atoms with Crippen LogP contribution in [0.25, 0.3) is 0 Å². The lowest BCUT2D eigenvalue weighted by Gasteiger charge is -2.18. The van der Waals surface area contributed by atoms with Crippen molar-refractivity contribution in [3.05, 3.63) is 58.1 Å². The highest BCUT2D eigenvalue weighted by atomic mass is 79.9. The molecule has 0 aliphatic rings. The number of hydrogen-bond donors (Lipinski definition) is 1. The van der Waals surface area contributed by atoms with E-state index in [1.165, 1.54) is 20.9 Å². The highest BCUT2D eigenvalue weighted by Gasteiger charge is 2.11. The van der Waals surface area contributed by atoms with E-state index in [4.69, 9.17) is 0 Å². The number of rotatable bonds is 6. The molecular formula is C18H22BrNS. The minimum Gasteiger partial charge on any atom is -0.310 e. The fourth-order valence-electron chi connectivity index (χ4n) is 2.16. The lowest BCUT2D eigenvalue weighted by Crippen LogP contribution is -2.19. The first-order valence-corrected chi connectivity index (χ1v) is 8.98. The second-order valence-electron chi connectivity index (χ2n) is 5.27. The summed E-state index contributed by atoms with van der Waals surface area (Å²) in [5, 5.41) is 3.57. The molecule has 1 nitrogen and oxygen atoms in total. The number of nitrogens with one attached hydrogen (secondary N) is 1. The van der Waals surface area contributed by atoms with Gasteiger partial charge in [0.25, 0.3) is 0 Å². The Kier molecular flexibility index (Phi) is 6.34. The van der Waals surface area contributed by atoms with Gasteiger partial charge >= 0.3 is 0 Å². The molecule has 0 heterocycles. The summed E-state index contributed by atoms with van der Waals surface area (Å²) in [6.07, 6.45) is 1.15. The SMILES string of the molecule is CCCNC(C)c1ccc(Br)cc1Sc1ccc(C)cc1. The van der Waals surface area contributed by atoms with Crippen LogP contribution in [0.1, 0.15) is 37.4 Å². The number of aryl methyl sites for hydroxylation is 1. The lowest BCUT2D eigenvalue weighted by molar-refractivity contribution is 0.563. The lowest BCUT2D eigenvalue weighted by atomic mass is 10.1. The third-order valence-corrected chi connectivity index (χ3v) is 4.97. The zero-order valence-electron chi connectivity index (χ0n) is 12.8. The van der Waals surface area contributed by atoms with Gasteiger partial charge in [-0.05, 0) is 56.6 Å². The third-order valence-electron chi connectivity index (χ3n) is 3.39. The molecule has 112 valence electrons. The van der Waals surface area contributed by atoms with Crippen molar-refractivity contribution in [3.8, 4) is 0 Å². The average molecular weight is 364 g/mol. The minimum atomic E-state index is 0.367. The molecule has 0 bridgehead atoms. The molecule has 3 heteroatoms. The topological polar surface area (TPSA) is 12.0 Å². The van der Waals surface area contributed by atoms with Crippen LogP contribution in [-0.2, 0) is 0 Å². The summed E-state index contributed by atoms with van der Waals surface area (Å²) in [7, 11) is 0. The Morgan fingerprint density at radius 1 is 1.14 bits per heavy atom. The number of hydrogen-bond acceptors (Lipinski definition) is 2. The molecule has 0 radical (unpaired) electrons. The van der Waals surface area contributed by atoms with Crippen molar-refractivity contribution in [1.29, 1.82) is 0 Å². The fourth-order valence-corrected chi connectivity index (χ4v) is 3.75. The van der Waals surface area contributed by atoms with Crippen LogP contribution in [0.4, 0.5) is 0 Å². The van der Waals surface area contributed by atoms with Crippen molar-refractivity contribution in [1.82, 2.24) is 5.32 Å². The Labute approximate surface area is 140 Å². The highest BCUT2D eigenvalue weighted by molar-refractivity contribution is 9.10. The standard InChI is InChI=1S/C18H22BrNS/c1-4-11-20-14(3)17-10-7-15(19)12-18(17)21-16-8-5-13(2)6-9-16/h5-10,12,14,20H,4,11H2,1-3H3. The summed E-state index contributed by atoms with van der Waals surface area (Å²) >= 11 is 5.42. The predicted molar refractivity (Wildman–Crippen MR) is 96.2 cm³/mol. The molecular weight excluding hydrogens is 342 g/mol. The van der Waals surface area contributed by atoms with E-state index in [1.54, 1.807) is 0 Å². The van der Waals surface area contributed by atoms with Crippen molar-refractivity contribution >= 4 is 27.7 Å². The normalized spacial score (nSPS) is 12.4. The summed E-state index contributed by atoms with van der Waals surface area (Å²) in [5.74, 6) is 0. The maximum absolute atomic E-state index is 3.59. The fraction of sp³-hybridized carbons (Fsp3) is 0.333. The maximum Gasteiger partial charge on any atom is 0.0303 e. The summed E-state index contributed by atoms with van der Waals surface area (Å²) < 4.78 is 1.13. The van der Waals surface area contributed by atoms with Crippen molar-refractivity contribution in [3.63, 3.8) is 0 Å². The van der Waals surface area contributed by atoms with Gasteiger partial charge < -0.3 is 5.32 Å². The van der Waals surface area contributed by atoms with Crippen LogP contribution in [-0.4, -0.2) is 6.54 Å². The predicted octanol–water partition coefficient (Wildman–Crippen LogP) is 5.97. The van der Waals surface area contributed by atoms with Gasteiger partial charge in [0.05, 0.1) is 0 Å². The van der Waals surface area contributed by atoms with Gasteiger partial charge in [0.2, 0.25) is 0 Å². The zero-order chi connectivity index (χ0) is 15.2. The molecule has 0 fully saturated rings. The molecule has 0 saturated heterocycles. The molecule has 2 aromatic rings.